The maximum Gasteiger partial charge on any atom is 0.262 e. The minimum atomic E-state index is -1.28. The Morgan fingerprint density at radius 1 is 1.18 bits per heavy atom. The number of nitrogens with zero attached hydrogens (tertiary/aromatic N) is 1. The van der Waals surface area contributed by atoms with E-state index < -0.39 is 35.1 Å². The van der Waals surface area contributed by atoms with Crippen molar-refractivity contribution in [2.45, 2.75) is 19.8 Å². The van der Waals surface area contributed by atoms with Gasteiger partial charge in [0.2, 0.25) is 5.91 Å². The third kappa shape index (κ3) is 3.00. The van der Waals surface area contributed by atoms with Crippen LogP contribution in [0.5, 0.6) is 5.75 Å². The maximum atomic E-state index is 14.7. The van der Waals surface area contributed by atoms with E-state index in [9.17, 15) is 23.5 Å². The molecule has 3 rings (SSSR count). The molecule has 1 atom stereocenters. The molecule has 0 saturated carbocycles. The lowest BCUT2D eigenvalue weighted by atomic mass is 9.97. The van der Waals surface area contributed by atoms with Gasteiger partial charge < -0.3 is 10.8 Å². The van der Waals surface area contributed by atoms with Crippen LogP contribution in [0.2, 0.25) is 10.0 Å². The van der Waals surface area contributed by atoms with E-state index in [1.807, 2.05) is 0 Å². The first-order chi connectivity index (χ1) is 13.1. The molecule has 1 heterocycles. The van der Waals surface area contributed by atoms with Crippen molar-refractivity contribution in [3.8, 4) is 5.75 Å². The number of hydrogen-bond donors (Lipinski definition) is 2. The summed E-state index contributed by atoms with van der Waals surface area (Å²) >= 11 is 11.8. The fraction of sp³-hybridized carbons (Fsp3) is 0.158. The van der Waals surface area contributed by atoms with Crippen molar-refractivity contribution in [1.82, 2.24) is 4.57 Å². The second kappa shape index (κ2) is 7.07. The quantitative estimate of drug-likeness (QED) is 0.645. The SMILES string of the molecule is Cc1c([C@@H](C)C(N)=O)c2c(F)c(O)c(F)cc2n1C(=O)c1ccc(Cl)c(Cl)c1. The molecule has 3 aromatic rings. The number of phenolic OH excluding ortho intramolecular Hbond substituents is 1. The Morgan fingerprint density at radius 2 is 1.82 bits per heavy atom. The van der Waals surface area contributed by atoms with Crippen molar-refractivity contribution in [1.29, 1.82) is 0 Å². The number of carbonyl (C=O) groups excluding carboxylic acids is 2. The third-order valence-electron chi connectivity index (χ3n) is 4.64. The van der Waals surface area contributed by atoms with Crippen molar-refractivity contribution in [2.75, 3.05) is 0 Å². The molecule has 0 aliphatic heterocycles. The Morgan fingerprint density at radius 3 is 2.39 bits per heavy atom. The second-order valence-corrected chi connectivity index (χ2v) is 7.12. The highest BCUT2D eigenvalue weighted by molar-refractivity contribution is 6.42. The number of halogens is 4. The van der Waals surface area contributed by atoms with Crippen molar-refractivity contribution >= 4 is 45.9 Å². The van der Waals surface area contributed by atoms with Gasteiger partial charge in [0, 0.05) is 22.7 Å². The van der Waals surface area contributed by atoms with Crippen molar-refractivity contribution < 1.29 is 23.5 Å². The molecule has 0 aliphatic rings. The predicted octanol–water partition coefficient (Wildman–Crippen LogP) is 4.52. The van der Waals surface area contributed by atoms with Crippen LogP contribution in [0.15, 0.2) is 24.3 Å². The number of amides is 1. The van der Waals surface area contributed by atoms with Crippen LogP contribution in [0, 0.1) is 18.6 Å². The number of primary amides is 1. The number of hydrogen-bond acceptors (Lipinski definition) is 3. The molecule has 5 nitrogen and oxygen atoms in total. The molecule has 1 amide bonds. The number of carbonyl (C=O) groups is 2. The van der Waals surface area contributed by atoms with E-state index in [0.29, 0.717) is 0 Å². The molecule has 0 radical (unpaired) electrons. The summed E-state index contributed by atoms with van der Waals surface area (Å²) in [5.41, 5.74) is 5.59. The Balaban J connectivity index is 2.39. The lowest BCUT2D eigenvalue weighted by Crippen LogP contribution is -2.20. The summed E-state index contributed by atoms with van der Waals surface area (Å²) in [4.78, 5) is 24.8. The molecule has 0 bridgehead atoms. The topological polar surface area (TPSA) is 85.3 Å². The van der Waals surface area contributed by atoms with Crippen LogP contribution in [0.3, 0.4) is 0 Å². The van der Waals surface area contributed by atoms with Gasteiger partial charge in [-0.1, -0.05) is 23.2 Å². The summed E-state index contributed by atoms with van der Waals surface area (Å²) in [5, 5.41) is 9.79. The van der Waals surface area contributed by atoms with Gasteiger partial charge in [-0.2, -0.15) is 0 Å². The minimum Gasteiger partial charge on any atom is -0.503 e. The molecular formula is C19H14Cl2F2N2O3. The first kappa shape index (κ1) is 20.1. The second-order valence-electron chi connectivity index (χ2n) is 6.31. The molecular weight excluding hydrogens is 413 g/mol. The lowest BCUT2D eigenvalue weighted by molar-refractivity contribution is -0.119. The first-order valence-electron chi connectivity index (χ1n) is 8.07. The average Bonchev–Trinajstić information content (AvgIpc) is 2.92. The van der Waals surface area contributed by atoms with Gasteiger partial charge in [-0.05, 0) is 37.6 Å². The molecule has 2 aromatic carbocycles. The zero-order valence-electron chi connectivity index (χ0n) is 14.7. The first-order valence-corrected chi connectivity index (χ1v) is 8.82. The van der Waals surface area contributed by atoms with Gasteiger partial charge in [0.1, 0.15) is 0 Å². The molecule has 0 aliphatic carbocycles. The van der Waals surface area contributed by atoms with Crippen LogP contribution in [-0.4, -0.2) is 21.5 Å². The summed E-state index contributed by atoms with van der Waals surface area (Å²) in [5.74, 6) is -6.14. The molecule has 3 N–H and O–H groups in total. The fourth-order valence-corrected chi connectivity index (χ4v) is 3.50. The van der Waals surface area contributed by atoms with Crippen LogP contribution in [0.4, 0.5) is 8.78 Å². The zero-order chi connectivity index (χ0) is 20.9. The van der Waals surface area contributed by atoms with E-state index in [0.717, 1.165) is 10.6 Å². The molecule has 28 heavy (non-hydrogen) atoms. The lowest BCUT2D eigenvalue weighted by Gasteiger charge is -2.10. The Bertz CT molecular complexity index is 1160. The van der Waals surface area contributed by atoms with E-state index >= 15 is 0 Å². The van der Waals surface area contributed by atoms with Crippen LogP contribution >= 0.6 is 23.2 Å². The van der Waals surface area contributed by atoms with Crippen LogP contribution < -0.4 is 5.73 Å². The Hall–Kier alpha value is -2.64. The number of phenols is 1. The van der Waals surface area contributed by atoms with Crippen LogP contribution in [-0.2, 0) is 4.79 Å². The number of nitrogens with two attached hydrogens (primary N) is 1. The molecule has 0 fully saturated rings. The molecule has 9 heteroatoms. The summed E-state index contributed by atoms with van der Waals surface area (Å²) in [6, 6.07) is 4.97. The van der Waals surface area contributed by atoms with Gasteiger partial charge in [0.15, 0.2) is 17.4 Å². The van der Waals surface area contributed by atoms with Gasteiger partial charge in [-0.3, -0.25) is 14.2 Å². The largest absolute Gasteiger partial charge is 0.503 e. The number of benzene rings is 2. The smallest absolute Gasteiger partial charge is 0.262 e. The normalized spacial score (nSPS) is 12.4. The zero-order valence-corrected chi connectivity index (χ0v) is 16.2. The molecule has 0 spiro atoms. The highest BCUT2D eigenvalue weighted by Crippen LogP contribution is 2.38. The summed E-state index contributed by atoms with van der Waals surface area (Å²) in [6.45, 7) is 2.90. The van der Waals surface area contributed by atoms with Crippen molar-refractivity contribution in [2.24, 2.45) is 5.73 Å². The average molecular weight is 427 g/mol. The maximum absolute atomic E-state index is 14.7. The van der Waals surface area contributed by atoms with E-state index in [1.54, 1.807) is 0 Å². The van der Waals surface area contributed by atoms with E-state index in [-0.39, 0.29) is 37.8 Å². The van der Waals surface area contributed by atoms with Gasteiger partial charge in [0.25, 0.3) is 5.91 Å². The predicted molar refractivity (Wildman–Crippen MR) is 102 cm³/mol. The van der Waals surface area contributed by atoms with Crippen LogP contribution in [0.1, 0.15) is 34.5 Å². The summed E-state index contributed by atoms with van der Waals surface area (Å²) in [6.07, 6.45) is 0. The highest BCUT2D eigenvalue weighted by atomic mass is 35.5. The minimum absolute atomic E-state index is 0.0868. The Labute approximate surface area is 168 Å². The van der Waals surface area contributed by atoms with Gasteiger partial charge in [-0.25, -0.2) is 8.78 Å². The van der Waals surface area contributed by atoms with Gasteiger partial charge in [-0.15, -0.1) is 0 Å². The highest BCUT2D eigenvalue weighted by Gasteiger charge is 2.30. The summed E-state index contributed by atoms with van der Waals surface area (Å²) in [7, 11) is 0. The molecule has 146 valence electrons. The summed E-state index contributed by atoms with van der Waals surface area (Å²) < 4.78 is 29.8. The fourth-order valence-electron chi connectivity index (χ4n) is 3.20. The van der Waals surface area contributed by atoms with Crippen LogP contribution in [0.25, 0.3) is 10.9 Å². The van der Waals surface area contributed by atoms with E-state index in [2.05, 4.69) is 0 Å². The standard InChI is InChI=1S/C19H14Cl2F2N2O3/c1-7(18(24)27)14-8(2)25(13-6-12(22)17(26)16(23)15(13)14)19(28)9-3-4-10(20)11(21)5-9/h3-7,26H,1-2H3,(H2,24,27)/t7-/m1/s1. The van der Waals surface area contributed by atoms with E-state index in [4.69, 9.17) is 28.9 Å². The number of rotatable bonds is 3. The molecule has 0 unspecified atom stereocenters. The number of aromatic nitrogens is 1. The van der Waals surface area contributed by atoms with Crippen molar-refractivity contribution in [3.05, 3.63) is 62.8 Å². The number of fused-ring (bicyclic) bond motifs is 1. The van der Waals surface area contributed by atoms with Gasteiger partial charge >= 0.3 is 0 Å². The Kier molecular flexibility index (Phi) is 5.08. The molecule has 1 aromatic heterocycles. The number of aromatic hydroxyl groups is 1. The third-order valence-corrected chi connectivity index (χ3v) is 5.38. The molecule has 0 saturated heterocycles. The van der Waals surface area contributed by atoms with Gasteiger partial charge in [0.05, 0.1) is 21.5 Å². The van der Waals surface area contributed by atoms with E-state index in [1.165, 1.54) is 32.0 Å². The van der Waals surface area contributed by atoms with Crippen molar-refractivity contribution in [3.63, 3.8) is 0 Å². The monoisotopic (exact) mass is 426 g/mol.